The van der Waals surface area contributed by atoms with Crippen molar-refractivity contribution in [2.24, 2.45) is 5.73 Å². The van der Waals surface area contributed by atoms with Gasteiger partial charge in [0.1, 0.15) is 5.54 Å². The van der Waals surface area contributed by atoms with Crippen LogP contribution in [0.2, 0.25) is 0 Å². The quantitative estimate of drug-likeness (QED) is 0.742. The van der Waals surface area contributed by atoms with Crippen LogP contribution >= 0.6 is 52.1 Å². The summed E-state index contributed by atoms with van der Waals surface area (Å²) in [6.45, 7) is 4.18. The highest BCUT2D eigenvalue weighted by atomic mass is 79.9. The van der Waals surface area contributed by atoms with Crippen LogP contribution in [0, 0.1) is 0 Å². The third-order valence-electron chi connectivity index (χ3n) is 3.25. The number of benzene rings is 1. The summed E-state index contributed by atoms with van der Waals surface area (Å²) in [7, 11) is 0. The van der Waals surface area contributed by atoms with E-state index in [2.05, 4.69) is 33.2 Å². The van der Waals surface area contributed by atoms with Crippen LogP contribution in [0.3, 0.4) is 0 Å². The van der Waals surface area contributed by atoms with Gasteiger partial charge in [-0.2, -0.15) is 0 Å². The number of halogens is 3. The van der Waals surface area contributed by atoms with E-state index in [0.717, 1.165) is 27.2 Å². The normalized spacial score (nSPS) is 12.5. The Morgan fingerprint density at radius 2 is 1.96 bits per heavy atom. The van der Waals surface area contributed by atoms with Crippen LogP contribution < -0.4 is 11.1 Å². The van der Waals surface area contributed by atoms with E-state index in [1.165, 1.54) is 0 Å². The Balaban J connectivity index is 0.00000242. The maximum Gasteiger partial charge on any atom is 0.244 e. The average Bonchev–Trinajstić information content (AvgIpc) is 2.93. The molecule has 1 unspecified atom stereocenters. The predicted molar refractivity (Wildman–Crippen MR) is 104 cm³/mol. The van der Waals surface area contributed by atoms with Crippen LogP contribution in [0.5, 0.6) is 0 Å². The van der Waals surface area contributed by atoms with Crippen molar-refractivity contribution in [1.82, 2.24) is 10.3 Å². The fraction of sp³-hybridized carbons (Fsp3) is 0.333. The van der Waals surface area contributed by atoms with Crippen molar-refractivity contribution in [1.29, 1.82) is 0 Å². The number of carbonyl (C=O) groups is 1. The number of hydrogen-bond acceptors (Lipinski definition) is 4. The number of amides is 1. The van der Waals surface area contributed by atoms with Crippen molar-refractivity contribution in [3.8, 4) is 0 Å². The minimum absolute atomic E-state index is 0. The van der Waals surface area contributed by atoms with Gasteiger partial charge in [0.05, 0.1) is 17.2 Å². The lowest BCUT2D eigenvalue weighted by molar-refractivity contribution is -0.126. The standard InChI is InChI=1S/C15H18BrN3OS.2ClH/c1-3-13-19-12(9-21-13)8-18-14(20)15(2,17)10-4-6-11(16)7-5-10;;/h4-7,9H,3,8,17H2,1-2H3,(H,18,20);2*1H. The molecule has 8 heteroatoms. The zero-order valence-corrected chi connectivity index (χ0v) is 16.9. The Labute approximate surface area is 161 Å². The van der Waals surface area contributed by atoms with Gasteiger partial charge in [0.2, 0.25) is 5.91 Å². The van der Waals surface area contributed by atoms with E-state index in [9.17, 15) is 4.79 Å². The predicted octanol–water partition coefficient (Wildman–Crippen LogP) is 3.80. The third-order valence-corrected chi connectivity index (χ3v) is 4.82. The van der Waals surface area contributed by atoms with Gasteiger partial charge in [-0.1, -0.05) is 35.0 Å². The lowest BCUT2D eigenvalue weighted by atomic mass is 9.92. The molecule has 4 nitrogen and oxygen atoms in total. The van der Waals surface area contributed by atoms with Crippen LogP contribution in [0.15, 0.2) is 34.1 Å². The van der Waals surface area contributed by atoms with Crippen LogP contribution in [0.25, 0.3) is 0 Å². The first-order valence-electron chi connectivity index (χ1n) is 6.70. The minimum Gasteiger partial charge on any atom is -0.349 e. The highest BCUT2D eigenvalue weighted by Gasteiger charge is 2.30. The Bertz CT molecular complexity index is 632. The summed E-state index contributed by atoms with van der Waals surface area (Å²) in [5.41, 5.74) is 6.76. The molecule has 128 valence electrons. The molecule has 3 N–H and O–H groups in total. The zero-order chi connectivity index (χ0) is 15.5. The molecule has 0 saturated heterocycles. The number of nitrogens with zero attached hydrogens (tertiary/aromatic N) is 1. The topological polar surface area (TPSA) is 68.0 Å². The minimum atomic E-state index is -1.07. The van der Waals surface area contributed by atoms with Crippen molar-refractivity contribution in [2.45, 2.75) is 32.4 Å². The monoisotopic (exact) mass is 439 g/mol. The van der Waals surface area contributed by atoms with E-state index >= 15 is 0 Å². The molecule has 0 fully saturated rings. The molecule has 0 aliphatic heterocycles. The molecule has 1 aromatic carbocycles. The molecule has 2 rings (SSSR count). The number of nitrogens with one attached hydrogen (secondary N) is 1. The SMILES string of the molecule is CCc1nc(CNC(=O)C(C)(N)c2ccc(Br)cc2)cs1.Cl.Cl. The second-order valence-electron chi connectivity index (χ2n) is 4.98. The average molecular weight is 441 g/mol. The van der Waals surface area contributed by atoms with Crippen molar-refractivity contribution in [3.63, 3.8) is 0 Å². The summed E-state index contributed by atoms with van der Waals surface area (Å²) in [5, 5.41) is 5.90. The van der Waals surface area contributed by atoms with Gasteiger partial charge in [-0.3, -0.25) is 4.79 Å². The van der Waals surface area contributed by atoms with Crippen LogP contribution in [0.4, 0.5) is 0 Å². The first-order chi connectivity index (χ1) is 9.93. The largest absolute Gasteiger partial charge is 0.349 e. The van der Waals surface area contributed by atoms with Crippen molar-refractivity contribution in [3.05, 3.63) is 50.4 Å². The maximum absolute atomic E-state index is 12.3. The molecule has 0 aliphatic carbocycles. The number of nitrogens with two attached hydrogens (primary N) is 1. The molecule has 0 saturated carbocycles. The summed E-state index contributed by atoms with van der Waals surface area (Å²) in [6, 6.07) is 7.45. The Hall–Kier alpha value is -0.660. The van der Waals surface area contributed by atoms with Gasteiger partial charge in [0, 0.05) is 9.85 Å². The maximum atomic E-state index is 12.3. The molecule has 1 atom stereocenters. The number of aryl methyl sites for hydroxylation is 1. The molecule has 1 heterocycles. The molecule has 1 aromatic heterocycles. The van der Waals surface area contributed by atoms with E-state index in [1.807, 2.05) is 29.6 Å². The number of hydrogen-bond donors (Lipinski definition) is 2. The van der Waals surface area contributed by atoms with Gasteiger partial charge < -0.3 is 11.1 Å². The first-order valence-corrected chi connectivity index (χ1v) is 8.37. The second kappa shape index (κ2) is 9.59. The molecule has 2 aromatic rings. The Morgan fingerprint density at radius 3 is 2.48 bits per heavy atom. The fourth-order valence-electron chi connectivity index (χ4n) is 1.87. The summed E-state index contributed by atoms with van der Waals surface area (Å²) in [4.78, 5) is 16.8. The van der Waals surface area contributed by atoms with Gasteiger partial charge in [-0.25, -0.2) is 4.98 Å². The lowest BCUT2D eigenvalue weighted by Gasteiger charge is -2.24. The summed E-state index contributed by atoms with van der Waals surface area (Å²) in [6.07, 6.45) is 0.909. The van der Waals surface area contributed by atoms with E-state index in [1.54, 1.807) is 18.3 Å². The number of carbonyl (C=O) groups excluding carboxylic acids is 1. The lowest BCUT2D eigenvalue weighted by Crippen LogP contribution is -2.48. The van der Waals surface area contributed by atoms with Gasteiger partial charge in [-0.15, -0.1) is 36.2 Å². The Kier molecular flexibility index (Phi) is 9.32. The van der Waals surface area contributed by atoms with Crippen LogP contribution in [-0.4, -0.2) is 10.9 Å². The summed E-state index contributed by atoms with van der Waals surface area (Å²) < 4.78 is 0.956. The van der Waals surface area contributed by atoms with E-state index in [0.29, 0.717) is 6.54 Å². The molecule has 0 aliphatic rings. The van der Waals surface area contributed by atoms with Crippen molar-refractivity contribution >= 4 is 58.0 Å². The number of thiazole rings is 1. The van der Waals surface area contributed by atoms with Gasteiger partial charge in [0.25, 0.3) is 0 Å². The molecule has 0 spiro atoms. The Morgan fingerprint density at radius 1 is 1.35 bits per heavy atom. The fourth-order valence-corrected chi connectivity index (χ4v) is 2.88. The van der Waals surface area contributed by atoms with Gasteiger partial charge >= 0.3 is 0 Å². The van der Waals surface area contributed by atoms with Gasteiger partial charge in [-0.05, 0) is 31.0 Å². The zero-order valence-electron chi connectivity index (χ0n) is 12.8. The molecular weight excluding hydrogens is 421 g/mol. The van der Waals surface area contributed by atoms with E-state index in [-0.39, 0.29) is 30.7 Å². The summed E-state index contributed by atoms with van der Waals surface area (Å²) >= 11 is 4.98. The van der Waals surface area contributed by atoms with Crippen molar-refractivity contribution < 1.29 is 4.79 Å². The highest BCUT2D eigenvalue weighted by molar-refractivity contribution is 9.10. The number of rotatable bonds is 5. The third kappa shape index (κ3) is 5.72. The molecule has 1 amide bonds. The van der Waals surface area contributed by atoms with Crippen molar-refractivity contribution in [2.75, 3.05) is 0 Å². The van der Waals surface area contributed by atoms with Crippen LogP contribution in [-0.2, 0) is 23.3 Å². The summed E-state index contributed by atoms with van der Waals surface area (Å²) in [5.74, 6) is -0.212. The molecule has 0 bridgehead atoms. The smallest absolute Gasteiger partial charge is 0.244 e. The van der Waals surface area contributed by atoms with E-state index < -0.39 is 5.54 Å². The highest BCUT2D eigenvalue weighted by Crippen LogP contribution is 2.21. The van der Waals surface area contributed by atoms with Crippen LogP contribution in [0.1, 0.15) is 30.1 Å². The molecule has 0 radical (unpaired) electrons. The molecule has 23 heavy (non-hydrogen) atoms. The first kappa shape index (κ1) is 22.3. The van der Waals surface area contributed by atoms with E-state index in [4.69, 9.17) is 5.73 Å². The second-order valence-corrected chi connectivity index (χ2v) is 6.84. The van der Waals surface area contributed by atoms with Gasteiger partial charge in [0.15, 0.2) is 0 Å². The molecular formula is C15H20BrCl2N3OS. The number of aromatic nitrogens is 1.